The molecule has 0 aliphatic carbocycles. The maximum atomic E-state index is 12.0. The number of aryl methyl sites for hydroxylation is 1. The van der Waals surface area contributed by atoms with Gasteiger partial charge in [-0.25, -0.2) is 0 Å². The van der Waals surface area contributed by atoms with E-state index in [2.05, 4.69) is 16.0 Å². The first-order valence-corrected chi connectivity index (χ1v) is 8.22. The first-order chi connectivity index (χ1) is 12.6. The van der Waals surface area contributed by atoms with Crippen LogP contribution in [0.15, 0.2) is 59.5 Å². The first kappa shape index (κ1) is 17.6. The zero-order chi connectivity index (χ0) is 18.5. The minimum Gasteiger partial charge on any atom is -0.287 e. The average Bonchev–Trinajstić information content (AvgIpc) is 2.66. The minimum atomic E-state index is -0.504. The molecule has 0 saturated heterocycles. The van der Waals surface area contributed by atoms with Crippen LogP contribution in [0.4, 0.5) is 0 Å². The van der Waals surface area contributed by atoms with Gasteiger partial charge < -0.3 is 0 Å². The number of nitrogens with one attached hydrogen (secondary N) is 2. The van der Waals surface area contributed by atoms with Gasteiger partial charge in [0.2, 0.25) is 11.3 Å². The summed E-state index contributed by atoms with van der Waals surface area (Å²) in [7, 11) is 0. The summed E-state index contributed by atoms with van der Waals surface area (Å²) >= 11 is 5.93. The van der Waals surface area contributed by atoms with Crippen molar-refractivity contribution in [3.8, 4) is 0 Å². The Morgan fingerprint density at radius 1 is 1.04 bits per heavy atom. The summed E-state index contributed by atoms with van der Waals surface area (Å²) in [4.78, 5) is 35.8. The minimum absolute atomic E-state index is 0.0721. The summed E-state index contributed by atoms with van der Waals surface area (Å²) in [6.45, 7) is 0.259. The molecule has 0 saturated carbocycles. The van der Waals surface area contributed by atoms with E-state index in [1.165, 1.54) is 6.20 Å². The van der Waals surface area contributed by atoms with Crippen molar-refractivity contribution in [2.45, 2.75) is 13.0 Å². The van der Waals surface area contributed by atoms with E-state index in [-0.39, 0.29) is 24.0 Å². The number of carbonyl (C=O) groups excluding carboxylic acids is 2. The van der Waals surface area contributed by atoms with Gasteiger partial charge in [0, 0.05) is 11.8 Å². The van der Waals surface area contributed by atoms with Crippen molar-refractivity contribution in [2.75, 3.05) is 0 Å². The summed E-state index contributed by atoms with van der Waals surface area (Å²) in [5, 5.41) is 4.88. The van der Waals surface area contributed by atoms with E-state index >= 15 is 0 Å². The maximum absolute atomic E-state index is 12.0. The van der Waals surface area contributed by atoms with Gasteiger partial charge in [-0.15, -0.1) is 0 Å². The third kappa shape index (κ3) is 3.89. The molecule has 0 aliphatic heterocycles. The standard InChI is InChI=1S/C18H15ClN4O3/c19-14-7-3-1-5-12(14)18(26)22-21-17(25)9-10-23-15-8-4-2-6-13(15)16(24)11-20-23/h1-8,11H,9-10H2,(H,21,25)(H,22,26). The van der Waals surface area contributed by atoms with Crippen LogP contribution in [0.3, 0.4) is 0 Å². The van der Waals surface area contributed by atoms with Crippen LogP contribution in [-0.4, -0.2) is 21.6 Å². The van der Waals surface area contributed by atoms with E-state index in [0.717, 1.165) is 0 Å². The van der Waals surface area contributed by atoms with E-state index in [1.54, 1.807) is 53.2 Å². The molecule has 3 aromatic rings. The number of nitrogens with zero attached hydrogens (tertiary/aromatic N) is 2. The second-order valence-corrected chi connectivity index (χ2v) is 5.89. The number of hydrazine groups is 1. The summed E-state index contributed by atoms with van der Waals surface area (Å²) in [5.74, 6) is -0.897. The Labute approximate surface area is 153 Å². The van der Waals surface area contributed by atoms with Crippen molar-refractivity contribution >= 4 is 34.3 Å². The molecule has 7 nitrogen and oxygen atoms in total. The van der Waals surface area contributed by atoms with Crippen LogP contribution in [-0.2, 0) is 11.3 Å². The van der Waals surface area contributed by atoms with Crippen molar-refractivity contribution in [1.29, 1.82) is 0 Å². The molecule has 2 N–H and O–H groups in total. The van der Waals surface area contributed by atoms with Crippen LogP contribution in [0.1, 0.15) is 16.8 Å². The van der Waals surface area contributed by atoms with Crippen LogP contribution in [0.25, 0.3) is 10.9 Å². The number of benzene rings is 2. The lowest BCUT2D eigenvalue weighted by Gasteiger charge is -2.10. The van der Waals surface area contributed by atoms with Crippen molar-refractivity contribution in [1.82, 2.24) is 20.6 Å². The molecule has 2 amide bonds. The predicted octanol–water partition coefficient (Wildman–Crippen LogP) is 1.90. The Balaban J connectivity index is 1.60. The molecule has 0 atom stereocenters. The van der Waals surface area contributed by atoms with Crippen LogP contribution in [0.5, 0.6) is 0 Å². The molecule has 26 heavy (non-hydrogen) atoms. The molecule has 0 spiro atoms. The Morgan fingerprint density at radius 2 is 1.77 bits per heavy atom. The highest BCUT2D eigenvalue weighted by Crippen LogP contribution is 2.14. The van der Waals surface area contributed by atoms with Gasteiger partial charge in [0.05, 0.1) is 28.8 Å². The lowest BCUT2D eigenvalue weighted by atomic mass is 10.2. The van der Waals surface area contributed by atoms with Gasteiger partial charge in [-0.05, 0) is 24.3 Å². The Bertz CT molecular complexity index is 1030. The van der Waals surface area contributed by atoms with Crippen LogP contribution < -0.4 is 16.3 Å². The molecular formula is C18H15ClN4O3. The fourth-order valence-electron chi connectivity index (χ4n) is 2.45. The van der Waals surface area contributed by atoms with Crippen molar-refractivity contribution in [2.24, 2.45) is 0 Å². The summed E-state index contributed by atoms with van der Waals surface area (Å²) < 4.78 is 1.58. The van der Waals surface area contributed by atoms with E-state index in [4.69, 9.17) is 11.6 Å². The largest absolute Gasteiger partial charge is 0.287 e. The Morgan fingerprint density at radius 3 is 2.58 bits per heavy atom. The molecule has 0 bridgehead atoms. The van der Waals surface area contributed by atoms with Crippen LogP contribution >= 0.6 is 11.6 Å². The third-order valence-electron chi connectivity index (χ3n) is 3.75. The summed E-state index contributed by atoms with van der Waals surface area (Å²) in [6, 6.07) is 13.6. The highest BCUT2D eigenvalue weighted by Gasteiger charge is 2.11. The number of hydrogen-bond donors (Lipinski definition) is 2. The molecule has 0 radical (unpaired) electrons. The first-order valence-electron chi connectivity index (χ1n) is 7.85. The number of halogens is 1. The average molecular weight is 371 g/mol. The van der Waals surface area contributed by atoms with E-state index < -0.39 is 11.8 Å². The monoisotopic (exact) mass is 370 g/mol. The number of para-hydroxylation sites is 1. The van der Waals surface area contributed by atoms with E-state index in [9.17, 15) is 14.4 Å². The topological polar surface area (TPSA) is 93.1 Å². The Kier molecular flexibility index (Phi) is 5.28. The third-order valence-corrected chi connectivity index (χ3v) is 4.08. The van der Waals surface area contributed by atoms with E-state index in [1.807, 2.05) is 0 Å². The van der Waals surface area contributed by atoms with Crippen molar-refractivity contribution < 1.29 is 9.59 Å². The zero-order valence-corrected chi connectivity index (χ0v) is 14.4. The number of amides is 2. The number of rotatable bonds is 4. The Hall–Kier alpha value is -3.19. The number of aromatic nitrogens is 2. The van der Waals surface area contributed by atoms with Gasteiger partial charge in [-0.3, -0.25) is 29.9 Å². The lowest BCUT2D eigenvalue weighted by molar-refractivity contribution is -0.122. The number of carbonyl (C=O) groups is 2. The fourth-order valence-corrected chi connectivity index (χ4v) is 2.67. The van der Waals surface area contributed by atoms with Gasteiger partial charge in [-0.2, -0.15) is 5.10 Å². The number of hydrogen-bond acceptors (Lipinski definition) is 4. The smallest absolute Gasteiger partial charge is 0.271 e. The van der Waals surface area contributed by atoms with Gasteiger partial charge >= 0.3 is 0 Å². The molecular weight excluding hydrogens is 356 g/mol. The van der Waals surface area contributed by atoms with Crippen molar-refractivity contribution in [3.63, 3.8) is 0 Å². The highest BCUT2D eigenvalue weighted by molar-refractivity contribution is 6.33. The van der Waals surface area contributed by atoms with Crippen LogP contribution in [0, 0.1) is 0 Å². The molecule has 3 rings (SSSR count). The van der Waals surface area contributed by atoms with E-state index in [0.29, 0.717) is 15.9 Å². The lowest BCUT2D eigenvalue weighted by Crippen LogP contribution is -2.42. The molecule has 1 heterocycles. The number of fused-ring (bicyclic) bond motifs is 1. The molecule has 2 aromatic carbocycles. The normalized spacial score (nSPS) is 10.5. The highest BCUT2D eigenvalue weighted by atomic mass is 35.5. The molecule has 0 aliphatic rings. The predicted molar refractivity (Wildman–Crippen MR) is 97.7 cm³/mol. The van der Waals surface area contributed by atoms with Gasteiger partial charge in [-0.1, -0.05) is 35.9 Å². The second kappa shape index (κ2) is 7.79. The SMILES string of the molecule is O=C(CCn1ncc(=O)c2ccccc21)NNC(=O)c1ccccc1Cl. The fraction of sp³-hybridized carbons (Fsp3) is 0.111. The molecule has 1 aromatic heterocycles. The quantitative estimate of drug-likeness (QED) is 0.686. The maximum Gasteiger partial charge on any atom is 0.271 e. The van der Waals surface area contributed by atoms with Gasteiger partial charge in [0.1, 0.15) is 0 Å². The molecule has 0 fully saturated rings. The summed E-state index contributed by atoms with van der Waals surface area (Å²) in [6.07, 6.45) is 1.29. The van der Waals surface area contributed by atoms with Gasteiger partial charge in [0.15, 0.2) is 0 Å². The molecule has 8 heteroatoms. The summed E-state index contributed by atoms with van der Waals surface area (Å²) in [5.41, 5.74) is 5.40. The van der Waals surface area contributed by atoms with Crippen molar-refractivity contribution in [3.05, 3.63) is 75.5 Å². The molecule has 132 valence electrons. The van der Waals surface area contributed by atoms with Crippen LogP contribution in [0.2, 0.25) is 5.02 Å². The zero-order valence-electron chi connectivity index (χ0n) is 13.6. The second-order valence-electron chi connectivity index (χ2n) is 5.48. The molecule has 0 unspecified atom stereocenters. The van der Waals surface area contributed by atoms with Gasteiger partial charge in [0.25, 0.3) is 5.91 Å².